The molecule has 0 unspecified atom stereocenters. The molecule has 0 bridgehead atoms. The topological polar surface area (TPSA) is 114 Å². The number of aliphatic imine (C=N–C) groups is 1. The summed E-state index contributed by atoms with van der Waals surface area (Å²) in [6.45, 7) is 5.69. The van der Waals surface area contributed by atoms with E-state index in [9.17, 15) is 16.0 Å². The van der Waals surface area contributed by atoms with E-state index >= 15 is 0 Å². The number of amides is 1. The van der Waals surface area contributed by atoms with Crippen LogP contribution in [0.2, 0.25) is 0 Å². The normalized spacial score (nSPS) is 17.5. The summed E-state index contributed by atoms with van der Waals surface area (Å²) in [6.07, 6.45) is 5.29. The predicted octanol–water partition coefficient (Wildman–Crippen LogP) is 6.54. The fraction of sp³-hybridized carbons (Fsp3) is 0.469. The first-order valence-corrected chi connectivity index (χ1v) is 16.1. The number of sulfonamides is 1. The summed E-state index contributed by atoms with van der Waals surface area (Å²) in [6, 6.07) is 11.6. The molecular weight excluding hydrogens is 552 g/mol. The molecule has 2 aliphatic rings. The number of carbonyl (C=O) groups excluding carboxylic acids is 1. The Balaban J connectivity index is 1.56. The lowest BCUT2D eigenvalue weighted by molar-refractivity contribution is -0.131. The number of aryl methyl sites for hydroxylation is 1. The highest BCUT2D eigenvalue weighted by molar-refractivity contribution is 7.92. The maximum absolute atomic E-state index is 13.9. The van der Waals surface area contributed by atoms with E-state index in [1.807, 2.05) is 6.92 Å². The summed E-state index contributed by atoms with van der Waals surface area (Å²) < 4.78 is 59.2. The van der Waals surface area contributed by atoms with E-state index in [1.165, 1.54) is 11.0 Å². The van der Waals surface area contributed by atoms with E-state index in [1.54, 1.807) is 50.2 Å². The smallest absolute Gasteiger partial charge is 0.263 e. The third-order valence-electron chi connectivity index (χ3n) is 8.05. The molecule has 2 aromatic carbocycles. The van der Waals surface area contributed by atoms with E-state index in [2.05, 4.69) is 16.8 Å². The zero-order valence-corrected chi connectivity index (χ0v) is 25.5. The molecule has 1 fully saturated rings. The average molecular weight is 595 g/mol. The molecule has 5 rings (SSSR count). The molecule has 1 spiro atoms. The molecular formula is C32H40N4O5S. The first kappa shape index (κ1) is 27.3. The van der Waals surface area contributed by atoms with Gasteiger partial charge < -0.3 is 9.26 Å². The number of carbonyl (C=O) groups is 1. The van der Waals surface area contributed by atoms with Crippen LogP contribution in [-0.4, -0.2) is 42.4 Å². The van der Waals surface area contributed by atoms with Crippen LogP contribution in [-0.2, 0) is 32.7 Å². The zero-order chi connectivity index (χ0) is 31.7. The number of unbranched alkanes of at least 4 members (excludes halogenated alkanes) is 1. The fourth-order valence-corrected chi connectivity index (χ4v) is 6.86. The molecule has 0 saturated heterocycles. The minimum atomic E-state index is -4.08. The minimum Gasteiger partial charge on any atom is -0.377 e. The van der Waals surface area contributed by atoms with Crippen LogP contribution in [0.4, 0.5) is 5.82 Å². The summed E-state index contributed by atoms with van der Waals surface area (Å²) in [7, 11) is -4.08. The maximum Gasteiger partial charge on any atom is 0.263 e. The van der Waals surface area contributed by atoms with Crippen molar-refractivity contribution in [3.8, 4) is 11.1 Å². The largest absolute Gasteiger partial charge is 0.377 e. The van der Waals surface area contributed by atoms with Crippen LogP contribution < -0.4 is 4.72 Å². The second-order valence-corrected chi connectivity index (χ2v) is 12.6. The highest BCUT2D eigenvalue weighted by Gasteiger charge is 2.49. The number of nitrogens with zero attached hydrogens (tertiary/aromatic N) is 3. The number of nitrogens with one attached hydrogen (secondary N) is 1. The maximum atomic E-state index is 13.9. The number of anilines is 1. The first-order chi connectivity index (χ1) is 20.9. The fourth-order valence-electron chi connectivity index (χ4n) is 5.58. The molecule has 224 valence electrons. The third kappa shape index (κ3) is 5.87. The van der Waals surface area contributed by atoms with E-state index in [0.29, 0.717) is 59.7 Å². The second kappa shape index (κ2) is 12.4. The van der Waals surface area contributed by atoms with Crippen molar-refractivity contribution in [1.82, 2.24) is 10.1 Å². The van der Waals surface area contributed by atoms with Gasteiger partial charge in [0, 0.05) is 24.2 Å². The molecule has 1 saturated carbocycles. The van der Waals surface area contributed by atoms with Crippen LogP contribution >= 0.6 is 0 Å². The van der Waals surface area contributed by atoms with E-state index in [0.717, 1.165) is 25.7 Å². The number of hydrogen-bond acceptors (Lipinski definition) is 7. The molecule has 3 aromatic rings. The number of hydrogen-bond donors (Lipinski definition) is 1. The van der Waals surface area contributed by atoms with Crippen molar-refractivity contribution in [2.45, 2.75) is 96.2 Å². The van der Waals surface area contributed by atoms with Gasteiger partial charge in [0.05, 0.1) is 20.7 Å². The van der Waals surface area contributed by atoms with Crippen molar-refractivity contribution in [1.29, 1.82) is 0 Å². The molecule has 10 heteroatoms. The Labute approximate surface area is 251 Å². The zero-order valence-electron chi connectivity index (χ0n) is 26.7. The Hall–Kier alpha value is -3.50. The number of amidine groups is 1. The molecule has 0 radical (unpaired) electrons. The standard InChI is InChI=1S/C32H40N4O5S/c1-5-7-14-29-33-32(17-10-11-18-32)31(37)36(29)20-24-15-16-26(25(19-24)21-40-6-2)27-12-8-9-13-28(27)42(38,39)35-30-22(3)23(4)41-34-30/h8-9,12-13,15-16,19H,5-7,10-11,14,17-18,20-21H2,1-4H3,(H,34,35)/i20D2. The molecule has 2 heterocycles. The summed E-state index contributed by atoms with van der Waals surface area (Å²) in [4.78, 5) is 20.0. The number of aromatic nitrogens is 1. The highest BCUT2D eigenvalue weighted by Crippen LogP contribution is 2.40. The highest BCUT2D eigenvalue weighted by atomic mass is 32.2. The van der Waals surface area contributed by atoms with Gasteiger partial charge in [0.15, 0.2) is 5.82 Å². The van der Waals surface area contributed by atoms with E-state index in [4.69, 9.17) is 14.3 Å². The second-order valence-electron chi connectivity index (χ2n) is 10.9. The van der Waals surface area contributed by atoms with Gasteiger partial charge in [-0.05, 0) is 62.8 Å². The van der Waals surface area contributed by atoms with Gasteiger partial charge in [0.2, 0.25) is 0 Å². The summed E-state index contributed by atoms with van der Waals surface area (Å²) in [5.41, 5.74) is 1.59. The molecule has 0 atom stereocenters. The lowest BCUT2D eigenvalue weighted by atomic mass is 9.96. The van der Waals surface area contributed by atoms with Gasteiger partial charge in [-0.15, -0.1) is 0 Å². The van der Waals surface area contributed by atoms with Crippen molar-refractivity contribution >= 4 is 27.6 Å². The molecule has 1 aliphatic carbocycles. The lowest BCUT2D eigenvalue weighted by Crippen LogP contribution is -2.40. The molecule has 9 nitrogen and oxygen atoms in total. The van der Waals surface area contributed by atoms with Crippen molar-refractivity contribution in [3.05, 3.63) is 64.9 Å². The number of benzene rings is 2. The predicted molar refractivity (Wildman–Crippen MR) is 163 cm³/mol. The Morgan fingerprint density at radius 2 is 1.88 bits per heavy atom. The minimum absolute atomic E-state index is 0.0282. The van der Waals surface area contributed by atoms with Crippen LogP contribution in [0.3, 0.4) is 0 Å². The Bertz CT molecular complexity index is 1680. The van der Waals surface area contributed by atoms with Gasteiger partial charge >= 0.3 is 0 Å². The van der Waals surface area contributed by atoms with Gasteiger partial charge in [0.25, 0.3) is 15.9 Å². The average Bonchev–Trinajstić information content (AvgIpc) is 3.69. The van der Waals surface area contributed by atoms with Gasteiger partial charge in [-0.25, -0.2) is 8.42 Å². The number of rotatable bonds is 12. The van der Waals surface area contributed by atoms with Crippen molar-refractivity contribution in [2.75, 3.05) is 11.3 Å². The van der Waals surface area contributed by atoms with Crippen molar-refractivity contribution in [2.24, 2.45) is 4.99 Å². The molecule has 1 aromatic heterocycles. The van der Waals surface area contributed by atoms with Crippen LogP contribution in [0.15, 0.2) is 56.9 Å². The van der Waals surface area contributed by atoms with Crippen LogP contribution in [0.25, 0.3) is 11.1 Å². The summed E-state index contributed by atoms with van der Waals surface area (Å²) in [5.74, 6) is 0.854. The van der Waals surface area contributed by atoms with E-state index < -0.39 is 22.1 Å². The van der Waals surface area contributed by atoms with Crippen LogP contribution in [0.5, 0.6) is 0 Å². The van der Waals surface area contributed by atoms with E-state index in [-0.39, 0.29) is 28.8 Å². The van der Waals surface area contributed by atoms with Crippen molar-refractivity contribution < 1.29 is 25.2 Å². The summed E-state index contributed by atoms with van der Waals surface area (Å²) >= 11 is 0. The van der Waals surface area contributed by atoms with Crippen molar-refractivity contribution in [3.63, 3.8) is 0 Å². The SMILES string of the molecule is [2H]C([2H])(c1ccc(-c2ccccc2S(=O)(=O)Nc2noc(C)c2C)c(COCC)c1)N1C(=O)C2(CCCC2)N=C1CCCC. The van der Waals surface area contributed by atoms with Crippen LogP contribution in [0, 0.1) is 13.8 Å². The van der Waals surface area contributed by atoms with Gasteiger partial charge in [0.1, 0.15) is 17.1 Å². The molecule has 1 amide bonds. The number of ether oxygens (including phenoxy) is 1. The monoisotopic (exact) mass is 594 g/mol. The van der Waals surface area contributed by atoms with Gasteiger partial charge in [-0.1, -0.05) is 67.7 Å². The Morgan fingerprint density at radius 1 is 1.12 bits per heavy atom. The quantitative estimate of drug-likeness (QED) is 0.255. The lowest BCUT2D eigenvalue weighted by Gasteiger charge is -2.23. The third-order valence-corrected chi connectivity index (χ3v) is 9.45. The van der Waals surface area contributed by atoms with Crippen LogP contribution in [0.1, 0.15) is 84.0 Å². The Morgan fingerprint density at radius 3 is 2.57 bits per heavy atom. The first-order valence-electron chi connectivity index (χ1n) is 15.6. The molecule has 42 heavy (non-hydrogen) atoms. The summed E-state index contributed by atoms with van der Waals surface area (Å²) in [5, 5.41) is 3.85. The molecule has 1 N–H and O–H groups in total. The van der Waals surface area contributed by atoms with Gasteiger partial charge in [-0.2, -0.15) is 0 Å². The molecule has 1 aliphatic heterocycles. The van der Waals surface area contributed by atoms with Gasteiger partial charge in [-0.3, -0.25) is 19.4 Å². The Kier molecular flexibility index (Phi) is 8.07.